The molecule has 1 aromatic carbocycles. The van der Waals surface area contributed by atoms with Crippen LogP contribution in [0.25, 0.3) is 6.08 Å². The highest BCUT2D eigenvalue weighted by Gasteiger charge is 2.07. The van der Waals surface area contributed by atoms with Crippen LogP contribution >= 0.6 is 11.6 Å². The Morgan fingerprint density at radius 3 is 2.22 bits per heavy atom. The predicted molar refractivity (Wildman–Crippen MR) is 77.6 cm³/mol. The molecule has 0 spiro atoms. The Hall–Kier alpha value is -1.28. The average Bonchev–Trinajstić information content (AvgIpc) is 2.37. The Labute approximate surface area is 114 Å². The van der Waals surface area contributed by atoms with Gasteiger partial charge in [-0.25, -0.2) is 0 Å². The van der Waals surface area contributed by atoms with Gasteiger partial charge in [0.05, 0.1) is 0 Å². The first kappa shape index (κ1) is 14.8. The minimum atomic E-state index is 0.0775. The van der Waals surface area contributed by atoms with Crippen LogP contribution < -0.4 is 0 Å². The lowest BCUT2D eigenvalue weighted by Gasteiger charge is -2.19. The maximum Gasteiger partial charge on any atom is 0.246 e. The summed E-state index contributed by atoms with van der Waals surface area (Å²) in [4.78, 5) is 13.9. The van der Waals surface area contributed by atoms with Gasteiger partial charge in [-0.05, 0) is 36.6 Å². The largest absolute Gasteiger partial charge is 0.339 e. The number of carbonyl (C=O) groups is 1. The highest BCUT2D eigenvalue weighted by Crippen LogP contribution is 2.10. The summed E-state index contributed by atoms with van der Waals surface area (Å²) >= 11 is 5.81. The van der Waals surface area contributed by atoms with Crippen LogP contribution in [0, 0.1) is 0 Å². The number of amides is 1. The Balaban J connectivity index is 2.63. The second-order valence-electron chi connectivity index (χ2n) is 4.21. The molecule has 0 aliphatic rings. The van der Waals surface area contributed by atoms with Crippen molar-refractivity contribution in [2.75, 3.05) is 13.1 Å². The number of hydrogen-bond donors (Lipinski definition) is 0. The number of halogens is 1. The Bertz CT molecular complexity index is 391. The van der Waals surface area contributed by atoms with E-state index < -0.39 is 0 Å². The summed E-state index contributed by atoms with van der Waals surface area (Å²) in [6.07, 6.45) is 5.44. The first-order valence-electron chi connectivity index (χ1n) is 6.40. The van der Waals surface area contributed by atoms with Crippen molar-refractivity contribution in [2.24, 2.45) is 0 Å². The molecule has 0 aliphatic heterocycles. The molecule has 1 aromatic rings. The van der Waals surface area contributed by atoms with Crippen LogP contribution in [0.4, 0.5) is 0 Å². The number of carbonyl (C=O) groups excluding carboxylic acids is 1. The van der Waals surface area contributed by atoms with Crippen LogP contribution in [0.3, 0.4) is 0 Å². The molecule has 0 aliphatic carbocycles. The Morgan fingerprint density at radius 2 is 1.72 bits per heavy atom. The summed E-state index contributed by atoms with van der Waals surface area (Å²) in [7, 11) is 0. The van der Waals surface area contributed by atoms with Gasteiger partial charge in [0.25, 0.3) is 0 Å². The fourth-order valence-electron chi connectivity index (χ4n) is 1.72. The van der Waals surface area contributed by atoms with Crippen LogP contribution in [0.1, 0.15) is 32.3 Å². The highest BCUT2D eigenvalue weighted by molar-refractivity contribution is 6.30. The van der Waals surface area contributed by atoms with E-state index in [0.717, 1.165) is 31.5 Å². The zero-order valence-electron chi connectivity index (χ0n) is 11.0. The molecule has 0 aromatic heterocycles. The number of hydrogen-bond acceptors (Lipinski definition) is 1. The Kier molecular flexibility index (Phi) is 6.51. The van der Waals surface area contributed by atoms with E-state index in [1.807, 2.05) is 35.2 Å². The minimum Gasteiger partial charge on any atom is -0.339 e. The second kappa shape index (κ2) is 7.93. The summed E-state index contributed by atoms with van der Waals surface area (Å²) in [6.45, 7) is 5.80. The van der Waals surface area contributed by atoms with E-state index in [1.54, 1.807) is 6.08 Å². The van der Waals surface area contributed by atoms with Crippen LogP contribution in [0.15, 0.2) is 30.3 Å². The monoisotopic (exact) mass is 265 g/mol. The van der Waals surface area contributed by atoms with Crippen molar-refractivity contribution in [2.45, 2.75) is 26.7 Å². The molecule has 0 unspecified atom stereocenters. The van der Waals surface area contributed by atoms with E-state index in [1.165, 1.54) is 0 Å². The van der Waals surface area contributed by atoms with Crippen molar-refractivity contribution in [1.82, 2.24) is 4.90 Å². The van der Waals surface area contributed by atoms with Crippen molar-refractivity contribution in [3.63, 3.8) is 0 Å². The lowest BCUT2D eigenvalue weighted by atomic mass is 10.2. The molecular formula is C15H20ClNO. The molecule has 18 heavy (non-hydrogen) atoms. The molecule has 1 amide bonds. The molecule has 0 saturated heterocycles. The van der Waals surface area contributed by atoms with E-state index in [2.05, 4.69) is 13.8 Å². The van der Waals surface area contributed by atoms with Crippen molar-refractivity contribution >= 4 is 23.6 Å². The molecule has 98 valence electrons. The zero-order valence-corrected chi connectivity index (χ0v) is 11.8. The van der Waals surface area contributed by atoms with Crippen LogP contribution in [0.2, 0.25) is 5.02 Å². The fraction of sp³-hybridized carbons (Fsp3) is 0.400. The molecule has 0 atom stereocenters. The SMILES string of the molecule is CCCN(CCC)C(=O)/C=C/c1ccc(Cl)cc1. The first-order chi connectivity index (χ1) is 8.67. The molecule has 1 rings (SSSR count). The molecular weight excluding hydrogens is 246 g/mol. The quantitative estimate of drug-likeness (QED) is 0.712. The van der Waals surface area contributed by atoms with Crippen molar-refractivity contribution in [1.29, 1.82) is 0 Å². The van der Waals surface area contributed by atoms with Gasteiger partial charge in [-0.3, -0.25) is 4.79 Å². The van der Waals surface area contributed by atoms with Gasteiger partial charge in [0.1, 0.15) is 0 Å². The zero-order chi connectivity index (χ0) is 13.4. The summed E-state index contributed by atoms with van der Waals surface area (Å²) in [5.74, 6) is 0.0775. The smallest absolute Gasteiger partial charge is 0.246 e. The molecule has 0 fully saturated rings. The maximum atomic E-state index is 12.0. The molecule has 2 nitrogen and oxygen atoms in total. The third-order valence-electron chi connectivity index (χ3n) is 2.59. The third kappa shape index (κ3) is 4.92. The number of benzene rings is 1. The van der Waals surface area contributed by atoms with Crippen LogP contribution in [-0.4, -0.2) is 23.9 Å². The molecule has 0 saturated carbocycles. The second-order valence-corrected chi connectivity index (χ2v) is 4.65. The van der Waals surface area contributed by atoms with E-state index in [9.17, 15) is 4.79 Å². The number of nitrogens with zero attached hydrogens (tertiary/aromatic N) is 1. The lowest BCUT2D eigenvalue weighted by Crippen LogP contribution is -2.30. The number of rotatable bonds is 6. The summed E-state index contributed by atoms with van der Waals surface area (Å²) in [6, 6.07) is 7.44. The van der Waals surface area contributed by atoms with Gasteiger partial charge in [-0.15, -0.1) is 0 Å². The third-order valence-corrected chi connectivity index (χ3v) is 2.84. The minimum absolute atomic E-state index is 0.0775. The van der Waals surface area contributed by atoms with E-state index in [4.69, 9.17) is 11.6 Å². The van der Waals surface area contributed by atoms with Crippen LogP contribution in [0.5, 0.6) is 0 Å². The van der Waals surface area contributed by atoms with Gasteiger partial charge < -0.3 is 4.90 Å². The lowest BCUT2D eigenvalue weighted by molar-refractivity contribution is -0.126. The van der Waals surface area contributed by atoms with Crippen molar-refractivity contribution in [3.8, 4) is 0 Å². The van der Waals surface area contributed by atoms with E-state index in [0.29, 0.717) is 5.02 Å². The van der Waals surface area contributed by atoms with Crippen molar-refractivity contribution < 1.29 is 4.79 Å². The fourth-order valence-corrected chi connectivity index (χ4v) is 1.84. The van der Waals surface area contributed by atoms with Gasteiger partial charge >= 0.3 is 0 Å². The van der Waals surface area contributed by atoms with Crippen LogP contribution in [-0.2, 0) is 4.79 Å². The molecule has 0 bridgehead atoms. The molecule has 0 heterocycles. The maximum absolute atomic E-state index is 12.0. The van der Waals surface area contributed by atoms with Gasteiger partial charge in [-0.1, -0.05) is 37.6 Å². The highest BCUT2D eigenvalue weighted by atomic mass is 35.5. The van der Waals surface area contributed by atoms with E-state index >= 15 is 0 Å². The van der Waals surface area contributed by atoms with Gasteiger partial charge in [0.15, 0.2) is 0 Å². The van der Waals surface area contributed by atoms with E-state index in [-0.39, 0.29) is 5.91 Å². The predicted octanol–water partition coefficient (Wildman–Crippen LogP) is 4.00. The summed E-state index contributed by atoms with van der Waals surface area (Å²) in [5, 5.41) is 0.706. The van der Waals surface area contributed by atoms with Gasteiger partial charge in [0, 0.05) is 24.2 Å². The summed E-state index contributed by atoms with van der Waals surface area (Å²) in [5.41, 5.74) is 0.987. The topological polar surface area (TPSA) is 20.3 Å². The van der Waals surface area contributed by atoms with Gasteiger partial charge in [0.2, 0.25) is 5.91 Å². The summed E-state index contributed by atoms with van der Waals surface area (Å²) < 4.78 is 0. The standard InChI is InChI=1S/C15H20ClNO/c1-3-11-17(12-4-2)15(18)10-7-13-5-8-14(16)9-6-13/h5-10H,3-4,11-12H2,1-2H3/b10-7+. The first-order valence-corrected chi connectivity index (χ1v) is 6.77. The molecule has 0 N–H and O–H groups in total. The molecule has 0 radical (unpaired) electrons. The molecule has 3 heteroatoms. The average molecular weight is 266 g/mol. The Morgan fingerprint density at radius 1 is 1.17 bits per heavy atom. The normalized spacial score (nSPS) is 10.8. The van der Waals surface area contributed by atoms with Crippen molar-refractivity contribution in [3.05, 3.63) is 40.9 Å². The van der Waals surface area contributed by atoms with Gasteiger partial charge in [-0.2, -0.15) is 0 Å².